The van der Waals surface area contributed by atoms with Crippen LogP contribution in [0.1, 0.15) is 45.4 Å². The molecule has 63 valence electrons. The van der Waals surface area contributed by atoms with E-state index in [1.807, 2.05) is 0 Å². The first-order valence-corrected chi connectivity index (χ1v) is 4.31. The van der Waals surface area contributed by atoms with E-state index < -0.39 is 0 Å². The molecule has 1 rings (SSSR count). The van der Waals surface area contributed by atoms with Crippen molar-refractivity contribution >= 4 is 0 Å². The number of aliphatic hydroxyl groups is 1. The predicted molar refractivity (Wildman–Crippen MR) is 42.0 cm³/mol. The van der Waals surface area contributed by atoms with E-state index >= 15 is 0 Å². The van der Waals surface area contributed by atoms with Crippen LogP contribution in [0, 0.1) is 53.3 Å². The summed E-state index contributed by atoms with van der Waals surface area (Å²) in [4.78, 5) is 0. The molecule has 1 fully saturated rings. The maximum atomic E-state index is 8.83. The van der Waals surface area contributed by atoms with Gasteiger partial charge >= 0.3 is 0 Å². The molecule has 1 saturated carbocycles. The summed E-state index contributed by atoms with van der Waals surface area (Å²) >= 11 is 0. The second kappa shape index (κ2) is 5.88. The molecule has 0 aromatic heterocycles. The van der Waals surface area contributed by atoms with Crippen LogP contribution in [-0.2, 0) is 0 Å². The summed E-state index contributed by atoms with van der Waals surface area (Å²) in [5.41, 5.74) is 0.273. The van der Waals surface area contributed by atoms with Crippen molar-refractivity contribution in [2.75, 3.05) is 0 Å². The van der Waals surface area contributed by atoms with Gasteiger partial charge in [-0.1, -0.05) is 45.4 Å². The predicted octanol–water partition coefficient (Wildman–Crippen LogP) is 2.88. The van der Waals surface area contributed by atoms with Gasteiger partial charge in [-0.15, -0.1) is 5.41 Å². The second-order valence-corrected chi connectivity index (χ2v) is 3.45. The van der Waals surface area contributed by atoms with Crippen LogP contribution in [-0.4, -0.2) is 5.11 Å². The monoisotopic (exact) mass is 282 g/mol. The van der Waals surface area contributed by atoms with Gasteiger partial charge in [-0.2, -0.15) is 0 Å². The first-order chi connectivity index (χ1) is 4.83. The maximum absolute atomic E-state index is 8.83. The maximum Gasteiger partial charge on any atom is 0 e. The van der Waals surface area contributed by atoms with E-state index in [4.69, 9.17) is 5.11 Å². The van der Waals surface area contributed by atoms with Crippen LogP contribution in [0.25, 0.3) is 0 Å². The Balaban J connectivity index is 0.000001000. The third-order valence-electron chi connectivity index (χ3n) is 2.44. The molecule has 0 amide bonds. The van der Waals surface area contributed by atoms with Crippen LogP contribution in [0.4, 0.5) is 0 Å². The summed E-state index contributed by atoms with van der Waals surface area (Å²) in [6.07, 6.45) is 7.52. The van der Waals surface area contributed by atoms with E-state index in [2.05, 4.69) is 6.92 Å². The molecule has 0 atom stereocenters. The van der Waals surface area contributed by atoms with Crippen LogP contribution in [0.15, 0.2) is 0 Å². The SMILES string of the molecule is CCCCCC1([CH-]O)CC1.[Pr]. The fourth-order valence-corrected chi connectivity index (χ4v) is 1.33. The number of hydrogen-bond acceptors (Lipinski definition) is 1. The molecular formula is C9H17OPr-. The largest absolute Gasteiger partial charge is 0.565 e. The Bertz CT molecular complexity index is 99.7. The minimum absolute atomic E-state index is 0. The van der Waals surface area contributed by atoms with Gasteiger partial charge in [-0.25, -0.2) is 6.61 Å². The van der Waals surface area contributed by atoms with Gasteiger partial charge in [0, 0.05) is 41.3 Å². The Kier molecular flexibility index (Phi) is 6.59. The summed E-state index contributed by atoms with van der Waals surface area (Å²) in [7, 11) is 0. The molecule has 0 aromatic rings. The van der Waals surface area contributed by atoms with Crippen molar-refractivity contribution in [1.82, 2.24) is 0 Å². The third kappa shape index (κ3) is 4.19. The normalized spacial score (nSPS) is 19.1. The molecule has 0 spiro atoms. The van der Waals surface area contributed by atoms with Gasteiger partial charge in [0.2, 0.25) is 0 Å². The molecule has 0 heterocycles. The molecule has 1 aliphatic carbocycles. The van der Waals surface area contributed by atoms with Gasteiger partial charge in [0.15, 0.2) is 0 Å². The summed E-state index contributed by atoms with van der Waals surface area (Å²) in [6.45, 7) is 3.63. The molecular weight excluding hydrogens is 265 g/mol. The van der Waals surface area contributed by atoms with E-state index in [0.717, 1.165) is 0 Å². The molecule has 0 aliphatic heterocycles. The second-order valence-electron chi connectivity index (χ2n) is 3.45. The summed E-state index contributed by atoms with van der Waals surface area (Å²) < 4.78 is 0. The van der Waals surface area contributed by atoms with Crippen LogP contribution in [0.5, 0.6) is 0 Å². The molecule has 0 saturated heterocycles. The van der Waals surface area contributed by atoms with Crippen LogP contribution in [0.3, 0.4) is 0 Å². The van der Waals surface area contributed by atoms with Crippen LogP contribution in [0.2, 0.25) is 0 Å². The fraction of sp³-hybridized carbons (Fsp3) is 0.889. The van der Waals surface area contributed by atoms with Gasteiger partial charge in [-0.3, -0.25) is 0 Å². The van der Waals surface area contributed by atoms with E-state index in [-0.39, 0.29) is 46.7 Å². The van der Waals surface area contributed by atoms with Crippen molar-refractivity contribution in [1.29, 1.82) is 0 Å². The Hall–Kier alpha value is 1.32. The Morgan fingerprint density at radius 3 is 2.36 bits per heavy atom. The molecule has 0 aromatic carbocycles. The molecule has 0 unspecified atom stereocenters. The molecule has 0 bridgehead atoms. The average molecular weight is 282 g/mol. The van der Waals surface area contributed by atoms with E-state index in [0.29, 0.717) is 0 Å². The number of hydrogen-bond donors (Lipinski definition) is 1. The smallest absolute Gasteiger partial charge is 0 e. The fourth-order valence-electron chi connectivity index (χ4n) is 1.33. The molecule has 2 heteroatoms. The van der Waals surface area contributed by atoms with Gasteiger partial charge in [0.05, 0.1) is 0 Å². The first kappa shape index (κ1) is 12.3. The molecule has 1 radical (unpaired) electrons. The summed E-state index contributed by atoms with van der Waals surface area (Å²) in [5.74, 6) is 0. The molecule has 1 aliphatic rings. The standard InChI is InChI=1S/C9H17O.Pr/c1-2-3-4-5-9(8-10)6-7-9;/h8,10H,2-7H2,1H3;/q-1;. The molecule has 11 heavy (non-hydrogen) atoms. The number of aliphatic hydroxyl groups excluding tert-OH is 1. The van der Waals surface area contributed by atoms with Crippen molar-refractivity contribution in [3.63, 3.8) is 0 Å². The van der Waals surface area contributed by atoms with Gasteiger partial charge in [0.1, 0.15) is 0 Å². The van der Waals surface area contributed by atoms with E-state index in [1.54, 1.807) is 0 Å². The minimum Gasteiger partial charge on any atom is -0.565 e. The Morgan fingerprint density at radius 1 is 1.36 bits per heavy atom. The zero-order chi connectivity index (χ0) is 7.45. The average Bonchev–Trinajstić information content (AvgIpc) is 2.70. The van der Waals surface area contributed by atoms with Crippen molar-refractivity contribution in [2.24, 2.45) is 5.41 Å². The summed E-state index contributed by atoms with van der Waals surface area (Å²) in [5, 5.41) is 8.83. The minimum atomic E-state index is 0. The van der Waals surface area contributed by atoms with Crippen molar-refractivity contribution < 1.29 is 46.4 Å². The Morgan fingerprint density at radius 2 is 2.00 bits per heavy atom. The topological polar surface area (TPSA) is 20.2 Å². The Labute approximate surface area is 103 Å². The first-order valence-electron chi connectivity index (χ1n) is 4.31. The van der Waals surface area contributed by atoms with Crippen LogP contribution >= 0.6 is 0 Å². The van der Waals surface area contributed by atoms with Gasteiger partial charge < -0.3 is 5.11 Å². The van der Waals surface area contributed by atoms with E-state index in [9.17, 15) is 0 Å². The van der Waals surface area contributed by atoms with Crippen molar-refractivity contribution in [2.45, 2.75) is 45.4 Å². The number of rotatable bonds is 5. The van der Waals surface area contributed by atoms with E-state index in [1.165, 1.54) is 45.1 Å². The zero-order valence-corrected chi connectivity index (χ0v) is 11.0. The van der Waals surface area contributed by atoms with Crippen LogP contribution < -0.4 is 0 Å². The van der Waals surface area contributed by atoms with Gasteiger partial charge in [0.25, 0.3) is 0 Å². The third-order valence-corrected chi connectivity index (χ3v) is 2.44. The van der Waals surface area contributed by atoms with Crippen molar-refractivity contribution in [3.05, 3.63) is 6.61 Å². The van der Waals surface area contributed by atoms with Gasteiger partial charge in [-0.05, 0) is 0 Å². The van der Waals surface area contributed by atoms with Crippen molar-refractivity contribution in [3.8, 4) is 0 Å². The quantitative estimate of drug-likeness (QED) is 0.607. The zero-order valence-electron chi connectivity index (χ0n) is 7.34. The molecule has 1 N–H and O–H groups in total. The summed E-state index contributed by atoms with van der Waals surface area (Å²) in [6, 6.07) is 0. The molecule has 1 nitrogen and oxygen atoms in total. The number of unbranched alkanes of at least 4 members (excludes halogenated alkanes) is 2.